The normalized spacial score (nSPS) is 21.3. The third-order valence-electron chi connectivity index (χ3n) is 3.90. The van der Waals surface area contributed by atoms with E-state index in [0.717, 1.165) is 0 Å². The molecule has 1 heterocycles. The Morgan fingerprint density at radius 3 is 2.70 bits per heavy atom. The molecule has 0 radical (unpaired) electrons. The van der Waals surface area contributed by atoms with E-state index in [0.29, 0.717) is 6.42 Å². The summed E-state index contributed by atoms with van der Waals surface area (Å²) in [6.07, 6.45) is 0.313. The van der Waals surface area contributed by atoms with E-state index in [9.17, 15) is 18.4 Å². The van der Waals surface area contributed by atoms with Crippen molar-refractivity contribution in [2.24, 2.45) is 11.8 Å². The van der Waals surface area contributed by atoms with Crippen molar-refractivity contribution >= 4 is 23.5 Å². The standard InChI is InChI=1S/C15H16ClF2NO4/c1-8-7-19(5-4-10(8)14(21)22)13(20)11-6-9(16)2-3-12(11)23-15(17)18/h2-3,6,8,10,15H,4-5,7H2,1H3,(H,21,22). The number of piperidine rings is 1. The number of carbonyl (C=O) groups excluding carboxylic acids is 1. The molecule has 1 aromatic carbocycles. The molecule has 1 N–H and O–H groups in total. The van der Waals surface area contributed by atoms with Gasteiger partial charge in [-0.15, -0.1) is 0 Å². The van der Waals surface area contributed by atoms with Gasteiger partial charge in [0.2, 0.25) is 0 Å². The fourth-order valence-corrected chi connectivity index (χ4v) is 2.91. The summed E-state index contributed by atoms with van der Waals surface area (Å²) in [5.41, 5.74) is -0.0567. The minimum atomic E-state index is -3.06. The van der Waals surface area contributed by atoms with Crippen molar-refractivity contribution in [3.8, 4) is 5.75 Å². The monoisotopic (exact) mass is 347 g/mol. The van der Waals surface area contributed by atoms with Crippen LogP contribution < -0.4 is 4.74 Å². The zero-order valence-electron chi connectivity index (χ0n) is 12.3. The predicted octanol–water partition coefficient (Wildman–Crippen LogP) is 3.12. The van der Waals surface area contributed by atoms with E-state index in [1.54, 1.807) is 6.92 Å². The van der Waals surface area contributed by atoms with Crippen LogP contribution in [0.4, 0.5) is 8.78 Å². The molecule has 1 aliphatic rings. The maximum absolute atomic E-state index is 12.6. The first-order valence-corrected chi connectivity index (χ1v) is 7.44. The fourth-order valence-electron chi connectivity index (χ4n) is 2.74. The van der Waals surface area contributed by atoms with Gasteiger partial charge in [0, 0.05) is 18.1 Å². The average Bonchev–Trinajstić information content (AvgIpc) is 2.47. The molecular weight excluding hydrogens is 332 g/mol. The lowest BCUT2D eigenvalue weighted by Crippen LogP contribution is -2.45. The molecule has 2 atom stereocenters. The van der Waals surface area contributed by atoms with Gasteiger partial charge in [-0.05, 0) is 30.5 Å². The fraction of sp³-hybridized carbons (Fsp3) is 0.467. The van der Waals surface area contributed by atoms with E-state index >= 15 is 0 Å². The second-order valence-corrected chi connectivity index (χ2v) is 5.92. The van der Waals surface area contributed by atoms with Crippen LogP contribution in [-0.4, -0.2) is 41.6 Å². The number of hydrogen-bond acceptors (Lipinski definition) is 3. The van der Waals surface area contributed by atoms with Crippen LogP contribution in [0.1, 0.15) is 23.7 Å². The zero-order chi connectivity index (χ0) is 17.1. The minimum Gasteiger partial charge on any atom is -0.481 e. The molecule has 2 unspecified atom stereocenters. The Balaban J connectivity index is 2.21. The number of hydrogen-bond donors (Lipinski definition) is 1. The van der Waals surface area contributed by atoms with Crippen LogP contribution in [0.25, 0.3) is 0 Å². The SMILES string of the molecule is CC1CN(C(=O)c2cc(Cl)ccc2OC(F)F)CCC1C(=O)O. The third-order valence-corrected chi connectivity index (χ3v) is 4.13. The number of halogens is 3. The maximum atomic E-state index is 12.6. The summed E-state index contributed by atoms with van der Waals surface area (Å²) < 4.78 is 29.3. The van der Waals surface area contributed by atoms with Gasteiger partial charge in [0.05, 0.1) is 11.5 Å². The first-order chi connectivity index (χ1) is 10.8. The number of ether oxygens (including phenoxy) is 1. The van der Waals surface area contributed by atoms with Crippen LogP contribution in [0.3, 0.4) is 0 Å². The first-order valence-electron chi connectivity index (χ1n) is 7.06. The predicted molar refractivity (Wildman–Crippen MR) is 78.9 cm³/mol. The van der Waals surface area contributed by atoms with Crippen LogP contribution in [0.5, 0.6) is 5.75 Å². The maximum Gasteiger partial charge on any atom is 0.387 e. The Bertz CT molecular complexity index is 611. The molecule has 1 fully saturated rings. The second kappa shape index (κ2) is 7.12. The van der Waals surface area contributed by atoms with Crippen molar-refractivity contribution in [1.82, 2.24) is 4.90 Å². The number of alkyl halides is 2. The van der Waals surface area contributed by atoms with Crippen LogP contribution in [0.15, 0.2) is 18.2 Å². The zero-order valence-corrected chi connectivity index (χ0v) is 13.1. The van der Waals surface area contributed by atoms with Gasteiger partial charge in [-0.2, -0.15) is 8.78 Å². The molecule has 0 aromatic heterocycles. The minimum absolute atomic E-state index is 0.0567. The summed E-state index contributed by atoms with van der Waals surface area (Å²) in [5.74, 6) is -2.39. The molecule has 23 heavy (non-hydrogen) atoms. The Kier molecular flexibility index (Phi) is 5.41. The van der Waals surface area contributed by atoms with Crippen molar-refractivity contribution in [2.75, 3.05) is 13.1 Å². The summed E-state index contributed by atoms with van der Waals surface area (Å²) in [6.45, 7) is -0.844. The lowest BCUT2D eigenvalue weighted by Gasteiger charge is -2.35. The van der Waals surface area contributed by atoms with Crippen molar-refractivity contribution < 1.29 is 28.2 Å². The number of carbonyl (C=O) groups is 2. The number of carboxylic acid groups (broad SMARTS) is 1. The summed E-state index contributed by atoms with van der Waals surface area (Å²) in [4.78, 5) is 25.1. The second-order valence-electron chi connectivity index (χ2n) is 5.48. The smallest absolute Gasteiger partial charge is 0.387 e. The summed E-state index contributed by atoms with van der Waals surface area (Å²) in [6, 6.07) is 3.85. The highest BCUT2D eigenvalue weighted by atomic mass is 35.5. The van der Waals surface area contributed by atoms with Gasteiger partial charge in [0.25, 0.3) is 5.91 Å². The van der Waals surface area contributed by atoms with Crippen molar-refractivity contribution in [3.63, 3.8) is 0 Å². The van der Waals surface area contributed by atoms with Crippen LogP contribution in [0, 0.1) is 11.8 Å². The molecule has 1 aromatic rings. The quantitative estimate of drug-likeness (QED) is 0.908. The highest BCUT2D eigenvalue weighted by Gasteiger charge is 2.34. The van der Waals surface area contributed by atoms with Gasteiger partial charge in [0.15, 0.2) is 0 Å². The summed E-state index contributed by atoms with van der Waals surface area (Å²) in [7, 11) is 0. The molecular formula is C15H16ClF2NO4. The van der Waals surface area contributed by atoms with E-state index in [-0.39, 0.29) is 35.3 Å². The molecule has 5 nitrogen and oxygen atoms in total. The van der Waals surface area contributed by atoms with Gasteiger partial charge >= 0.3 is 12.6 Å². The van der Waals surface area contributed by atoms with Gasteiger partial charge in [-0.25, -0.2) is 0 Å². The number of benzene rings is 1. The molecule has 0 saturated carbocycles. The van der Waals surface area contributed by atoms with Gasteiger partial charge < -0.3 is 14.7 Å². The van der Waals surface area contributed by atoms with Gasteiger partial charge in [0.1, 0.15) is 5.75 Å². The van der Waals surface area contributed by atoms with Gasteiger partial charge in [-0.3, -0.25) is 9.59 Å². The molecule has 8 heteroatoms. The van der Waals surface area contributed by atoms with Crippen molar-refractivity contribution in [3.05, 3.63) is 28.8 Å². The Morgan fingerprint density at radius 2 is 2.13 bits per heavy atom. The summed E-state index contributed by atoms with van der Waals surface area (Å²) in [5, 5.41) is 9.33. The van der Waals surface area contributed by atoms with Crippen LogP contribution in [-0.2, 0) is 4.79 Å². The molecule has 1 amide bonds. The highest BCUT2D eigenvalue weighted by molar-refractivity contribution is 6.31. The van der Waals surface area contributed by atoms with Crippen LogP contribution in [0.2, 0.25) is 5.02 Å². The molecule has 0 spiro atoms. The lowest BCUT2D eigenvalue weighted by molar-refractivity contribution is -0.145. The van der Waals surface area contributed by atoms with E-state index in [1.165, 1.54) is 23.1 Å². The van der Waals surface area contributed by atoms with Crippen LogP contribution >= 0.6 is 11.6 Å². The Hall–Kier alpha value is -1.89. The number of carboxylic acids is 1. The third kappa shape index (κ3) is 4.10. The molecule has 0 bridgehead atoms. The van der Waals surface area contributed by atoms with E-state index in [1.807, 2.05) is 0 Å². The molecule has 1 aliphatic heterocycles. The Morgan fingerprint density at radius 1 is 1.43 bits per heavy atom. The number of nitrogens with zero attached hydrogens (tertiary/aromatic N) is 1. The molecule has 126 valence electrons. The first kappa shape index (κ1) is 17.5. The van der Waals surface area contributed by atoms with E-state index < -0.39 is 24.4 Å². The van der Waals surface area contributed by atoms with Crippen molar-refractivity contribution in [1.29, 1.82) is 0 Å². The highest BCUT2D eigenvalue weighted by Crippen LogP contribution is 2.29. The topological polar surface area (TPSA) is 66.8 Å². The Labute approximate surface area is 136 Å². The number of rotatable bonds is 4. The van der Waals surface area contributed by atoms with Gasteiger partial charge in [-0.1, -0.05) is 18.5 Å². The number of amides is 1. The van der Waals surface area contributed by atoms with E-state index in [2.05, 4.69) is 4.74 Å². The van der Waals surface area contributed by atoms with E-state index in [4.69, 9.17) is 16.7 Å². The number of aliphatic carboxylic acids is 1. The average molecular weight is 348 g/mol. The van der Waals surface area contributed by atoms with Crippen molar-refractivity contribution in [2.45, 2.75) is 20.0 Å². The largest absolute Gasteiger partial charge is 0.481 e. The number of likely N-dealkylation sites (tertiary alicyclic amines) is 1. The lowest BCUT2D eigenvalue weighted by atomic mass is 9.87. The summed E-state index contributed by atoms with van der Waals surface area (Å²) >= 11 is 5.84. The molecule has 2 rings (SSSR count). The molecule has 0 aliphatic carbocycles. The molecule has 1 saturated heterocycles.